The molecule has 0 spiro atoms. The van der Waals surface area contributed by atoms with Crippen LogP contribution in [0.3, 0.4) is 0 Å². The van der Waals surface area contributed by atoms with Crippen LogP contribution in [0, 0.1) is 4.91 Å². The highest BCUT2D eigenvalue weighted by molar-refractivity contribution is 5.59. The molecule has 0 saturated carbocycles. The standard InChI is InChI=1S/C12H15NO3/c1-12(2)5-4-8-6-11(15-3)9(13-14)7-10(8)16-12/h6-7H,4-5H2,1-3H3. The molecule has 4 heteroatoms. The van der Waals surface area contributed by atoms with Gasteiger partial charge in [0.2, 0.25) is 0 Å². The molecule has 0 aromatic heterocycles. The number of fused-ring (bicyclic) bond motifs is 1. The van der Waals surface area contributed by atoms with Gasteiger partial charge in [-0.1, -0.05) is 0 Å². The van der Waals surface area contributed by atoms with Crippen molar-refractivity contribution in [1.29, 1.82) is 0 Å². The second-order valence-electron chi connectivity index (χ2n) is 4.58. The number of nitrogens with zero attached hydrogens (tertiary/aromatic N) is 1. The number of hydrogen-bond acceptors (Lipinski definition) is 4. The second-order valence-corrected chi connectivity index (χ2v) is 4.58. The lowest BCUT2D eigenvalue weighted by molar-refractivity contribution is 0.0846. The zero-order chi connectivity index (χ0) is 11.8. The normalized spacial score (nSPS) is 17.2. The molecule has 0 radical (unpaired) electrons. The molecule has 1 aliphatic heterocycles. The molecule has 0 saturated heterocycles. The van der Waals surface area contributed by atoms with Crippen LogP contribution in [0.25, 0.3) is 0 Å². The van der Waals surface area contributed by atoms with Gasteiger partial charge in [0.25, 0.3) is 0 Å². The first kappa shape index (κ1) is 10.9. The summed E-state index contributed by atoms with van der Waals surface area (Å²) in [5.41, 5.74) is 1.18. The molecule has 0 atom stereocenters. The summed E-state index contributed by atoms with van der Waals surface area (Å²) in [6.07, 6.45) is 1.88. The molecule has 2 rings (SSSR count). The minimum absolute atomic E-state index is 0.179. The van der Waals surface area contributed by atoms with E-state index in [1.807, 2.05) is 19.9 Å². The highest BCUT2D eigenvalue weighted by Gasteiger charge is 2.27. The van der Waals surface area contributed by atoms with Crippen LogP contribution in [0.1, 0.15) is 25.8 Å². The predicted octanol–water partition coefficient (Wildman–Crippen LogP) is 3.20. The lowest BCUT2D eigenvalue weighted by Gasteiger charge is -2.32. The van der Waals surface area contributed by atoms with Crippen molar-refractivity contribution in [1.82, 2.24) is 0 Å². The van der Waals surface area contributed by atoms with E-state index in [0.29, 0.717) is 11.4 Å². The second kappa shape index (κ2) is 3.77. The zero-order valence-corrected chi connectivity index (χ0v) is 9.74. The van der Waals surface area contributed by atoms with E-state index >= 15 is 0 Å². The van der Waals surface area contributed by atoms with Crippen molar-refractivity contribution >= 4 is 5.69 Å². The highest BCUT2D eigenvalue weighted by Crippen LogP contribution is 2.40. The Kier molecular flexibility index (Phi) is 2.58. The maximum absolute atomic E-state index is 10.6. The van der Waals surface area contributed by atoms with E-state index in [1.165, 1.54) is 7.11 Å². The topological polar surface area (TPSA) is 47.9 Å². The maximum Gasteiger partial charge on any atom is 0.153 e. The molecule has 1 aromatic carbocycles. The molecule has 1 aliphatic rings. The van der Waals surface area contributed by atoms with Crippen molar-refractivity contribution in [3.63, 3.8) is 0 Å². The van der Waals surface area contributed by atoms with E-state index in [1.54, 1.807) is 6.07 Å². The van der Waals surface area contributed by atoms with Gasteiger partial charge in [-0.15, -0.1) is 4.91 Å². The predicted molar refractivity (Wildman–Crippen MR) is 61.5 cm³/mol. The third-order valence-corrected chi connectivity index (χ3v) is 2.84. The lowest BCUT2D eigenvalue weighted by Crippen LogP contribution is -2.32. The Hall–Kier alpha value is -1.58. The van der Waals surface area contributed by atoms with Gasteiger partial charge in [0, 0.05) is 6.07 Å². The van der Waals surface area contributed by atoms with Gasteiger partial charge in [0.15, 0.2) is 5.69 Å². The molecule has 0 amide bonds. The Bertz CT molecular complexity index is 427. The molecule has 0 unspecified atom stereocenters. The number of hydrogen-bond donors (Lipinski definition) is 0. The van der Waals surface area contributed by atoms with Crippen molar-refractivity contribution in [2.45, 2.75) is 32.3 Å². The van der Waals surface area contributed by atoms with Crippen LogP contribution < -0.4 is 9.47 Å². The molecular formula is C12H15NO3. The van der Waals surface area contributed by atoms with Crippen LogP contribution >= 0.6 is 0 Å². The summed E-state index contributed by atoms with van der Waals surface area (Å²) in [7, 11) is 1.53. The van der Waals surface area contributed by atoms with Crippen molar-refractivity contribution < 1.29 is 9.47 Å². The Morgan fingerprint density at radius 1 is 1.44 bits per heavy atom. The third kappa shape index (κ3) is 1.87. The van der Waals surface area contributed by atoms with E-state index in [9.17, 15) is 4.91 Å². The van der Waals surface area contributed by atoms with Gasteiger partial charge in [-0.05, 0) is 43.5 Å². The summed E-state index contributed by atoms with van der Waals surface area (Å²) in [6.45, 7) is 4.07. The first-order chi connectivity index (χ1) is 7.55. The highest BCUT2D eigenvalue weighted by atomic mass is 16.5. The Morgan fingerprint density at radius 2 is 2.19 bits per heavy atom. The number of rotatable bonds is 2. The van der Waals surface area contributed by atoms with Crippen molar-refractivity contribution in [3.8, 4) is 11.5 Å². The summed E-state index contributed by atoms with van der Waals surface area (Å²) in [4.78, 5) is 10.6. The minimum atomic E-state index is -0.179. The fraction of sp³-hybridized carbons (Fsp3) is 0.500. The SMILES string of the molecule is COc1cc2c(cc1N=O)OC(C)(C)CC2. The van der Waals surface area contributed by atoms with Crippen LogP contribution in [0.4, 0.5) is 5.69 Å². The van der Waals surface area contributed by atoms with Crippen molar-refractivity contribution in [2.75, 3.05) is 7.11 Å². The molecule has 0 N–H and O–H groups in total. The van der Waals surface area contributed by atoms with Crippen molar-refractivity contribution in [2.24, 2.45) is 5.18 Å². The average Bonchev–Trinajstić information content (AvgIpc) is 2.26. The van der Waals surface area contributed by atoms with Crippen LogP contribution in [-0.2, 0) is 6.42 Å². The summed E-state index contributed by atoms with van der Waals surface area (Å²) in [6, 6.07) is 3.49. The minimum Gasteiger partial charge on any atom is -0.494 e. The van der Waals surface area contributed by atoms with Gasteiger partial charge in [0.05, 0.1) is 7.11 Å². The Labute approximate surface area is 94.5 Å². The van der Waals surface area contributed by atoms with Gasteiger partial charge in [-0.25, -0.2) is 0 Å². The molecule has 16 heavy (non-hydrogen) atoms. The quantitative estimate of drug-likeness (QED) is 0.720. The van der Waals surface area contributed by atoms with E-state index < -0.39 is 0 Å². The summed E-state index contributed by atoms with van der Waals surface area (Å²) < 4.78 is 10.9. The third-order valence-electron chi connectivity index (χ3n) is 2.84. The molecule has 0 aliphatic carbocycles. The van der Waals surface area contributed by atoms with E-state index in [-0.39, 0.29) is 5.60 Å². The molecule has 0 bridgehead atoms. The van der Waals surface area contributed by atoms with Crippen molar-refractivity contribution in [3.05, 3.63) is 22.6 Å². The first-order valence-corrected chi connectivity index (χ1v) is 5.29. The van der Waals surface area contributed by atoms with E-state index in [2.05, 4.69) is 5.18 Å². The average molecular weight is 221 g/mol. The number of nitroso groups, excluding NO2 is 1. The van der Waals surface area contributed by atoms with Crippen LogP contribution in [0.2, 0.25) is 0 Å². The smallest absolute Gasteiger partial charge is 0.153 e. The molecular weight excluding hydrogens is 206 g/mol. The van der Waals surface area contributed by atoms with Gasteiger partial charge >= 0.3 is 0 Å². The van der Waals surface area contributed by atoms with Gasteiger partial charge in [0.1, 0.15) is 17.1 Å². The molecule has 4 nitrogen and oxygen atoms in total. The first-order valence-electron chi connectivity index (χ1n) is 5.29. The van der Waals surface area contributed by atoms with E-state index in [4.69, 9.17) is 9.47 Å². The number of aryl methyl sites for hydroxylation is 1. The fourth-order valence-corrected chi connectivity index (χ4v) is 1.90. The summed E-state index contributed by atoms with van der Waals surface area (Å²) in [5.74, 6) is 1.25. The van der Waals surface area contributed by atoms with Gasteiger partial charge < -0.3 is 9.47 Å². The van der Waals surface area contributed by atoms with Gasteiger partial charge in [-0.3, -0.25) is 0 Å². The van der Waals surface area contributed by atoms with Crippen LogP contribution in [0.5, 0.6) is 11.5 Å². The molecule has 86 valence electrons. The fourth-order valence-electron chi connectivity index (χ4n) is 1.90. The number of methoxy groups -OCH3 is 1. The summed E-state index contributed by atoms with van der Waals surface area (Å²) in [5, 5.41) is 2.94. The number of ether oxygens (including phenoxy) is 2. The summed E-state index contributed by atoms with van der Waals surface area (Å²) >= 11 is 0. The van der Waals surface area contributed by atoms with E-state index in [0.717, 1.165) is 24.2 Å². The zero-order valence-electron chi connectivity index (χ0n) is 9.74. The largest absolute Gasteiger partial charge is 0.494 e. The van der Waals surface area contributed by atoms with Gasteiger partial charge in [-0.2, -0.15) is 0 Å². The van der Waals surface area contributed by atoms with Crippen LogP contribution in [-0.4, -0.2) is 12.7 Å². The Balaban J connectivity index is 2.46. The number of benzene rings is 1. The monoisotopic (exact) mass is 221 g/mol. The lowest BCUT2D eigenvalue weighted by atomic mass is 9.94. The Morgan fingerprint density at radius 3 is 2.81 bits per heavy atom. The molecule has 0 fully saturated rings. The molecule has 1 heterocycles. The molecule has 1 aromatic rings. The van der Waals surface area contributed by atoms with Crippen LogP contribution in [0.15, 0.2) is 17.3 Å². The maximum atomic E-state index is 10.6.